The molecule has 170 valence electrons. The average molecular weight is 543 g/mol. The van der Waals surface area contributed by atoms with Gasteiger partial charge in [0.2, 0.25) is 5.88 Å². The highest BCUT2D eigenvalue weighted by Gasteiger charge is 2.19. The average Bonchev–Trinajstić information content (AvgIpc) is 3.06. The maximum Gasteiger partial charge on any atom is 0.264 e. The van der Waals surface area contributed by atoms with E-state index in [0.717, 1.165) is 11.1 Å². The van der Waals surface area contributed by atoms with Gasteiger partial charge >= 0.3 is 0 Å². The number of halogens is 2. The molecule has 1 aromatic heterocycles. The number of rotatable bonds is 7. The minimum atomic E-state index is -3.87. The molecule has 0 radical (unpaired) electrons. The van der Waals surface area contributed by atoms with Crippen molar-refractivity contribution in [3.8, 4) is 5.75 Å². The molecule has 0 atom stereocenters. The van der Waals surface area contributed by atoms with E-state index in [9.17, 15) is 13.2 Å². The molecule has 32 heavy (non-hydrogen) atoms. The van der Waals surface area contributed by atoms with Crippen molar-refractivity contribution >= 4 is 55.0 Å². The lowest BCUT2D eigenvalue weighted by Crippen LogP contribution is -2.20. The highest BCUT2D eigenvalue weighted by molar-refractivity contribution is 9.10. The summed E-state index contributed by atoms with van der Waals surface area (Å²) in [6.45, 7) is 6.89. The lowest BCUT2D eigenvalue weighted by Gasteiger charge is -2.13. The van der Waals surface area contributed by atoms with Crippen LogP contribution in [0.1, 0.15) is 22.4 Å². The van der Waals surface area contributed by atoms with Crippen molar-refractivity contribution in [1.82, 2.24) is 5.16 Å². The van der Waals surface area contributed by atoms with E-state index in [2.05, 4.69) is 31.1 Å². The van der Waals surface area contributed by atoms with Crippen molar-refractivity contribution in [3.05, 3.63) is 62.2 Å². The van der Waals surface area contributed by atoms with E-state index >= 15 is 0 Å². The van der Waals surface area contributed by atoms with Gasteiger partial charge in [-0.25, -0.2) is 13.1 Å². The lowest BCUT2D eigenvalue weighted by atomic mass is 10.1. The zero-order chi connectivity index (χ0) is 23.6. The Morgan fingerprint density at radius 1 is 1.16 bits per heavy atom. The highest BCUT2D eigenvalue weighted by atomic mass is 79.9. The molecule has 0 saturated heterocycles. The van der Waals surface area contributed by atoms with Gasteiger partial charge < -0.3 is 14.6 Å². The fourth-order valence-electron chi connectivity index (χ4n) is 2.75. The monoisotopic (exact) mass is 541 g/mol. The minimum Gasteiger partial charge on any atom is -0.483 e. The summed E-state index contributed by atoms with van der Waals surface area (Å²) in [5, 5.41) is 7.02. The number of sulfonamides is 1. The topological polar surface area (TPSA) is 111 Å². The van der Waals surface area contributed by atoms with Crippen molar-refractivity contribution < 1.29 is 22.5 Å². The second-order valence-corrected chi connectivity index (χ2v) is 9.99. The lowest BCUT2D eigenvalue weighted by molar-refractivity contribution is -0.118. The molecule has 11 heteroatoms. The van der Waals surface area contributed by atoms with Gasteiger partial charge in [0.15, 0.2) is 6.61 Å². The summed E-state index contributed by atoms with van der Waals surface area (Å²) in [6, 6.07) is 7.46. The first kappa shape index (κ1) is 24.1. The summed E-state index contributed by atoms with van der Waals surface area (Å²) in [5.74, 6) is 0.171. The van der Waals surface area contributed by atoms with Crippen LogP contribution in [0.25, 0.3) is 0 Å². The van der Waals surface area contributed by atoms with Crippen LogP contribution in [0.15, 0.2) is 44.2 Å². The van der Waals surface area contributed by atoms with Gasteiger partial charge in [-0.05, 0) is 85.1 Å². The van der Waals surface area contributed by atoms with Crippen molar-refractivity contribution in [2.75, 3.05) is 16.6 Å². The standard InChI is InChI=1S/C21H21BrClN3O5S/c1-11-9-17(19(22)13(3)20(11)23)30-10-18(27)24-15-5-7-16(8-6-15)32(28,29)26-21-12(2)14(4)25-31-21/h5-9,26H,10H2,1-4H3,(H,24,27). The van der Waals surface area contributed by atoms with E-state index in [1.54, 1.807) is 19.9 Å². The second kappa shape index (κ2) is 9.51. The molecule has 1 amide bonds. The quantitative estimate of drug-likeness (QED) is 0.428. The van der Waals surface area contributed by atoms with E-state index in [0.29, 0.717) is 32.2 Å². The fourth-order valence-corrected chi connectivity index (χ4v) is 4.49. The van der Waals surface area contributed by atoms with Crippen molar-refractivity contribution in [3.63, 3.8) is 0 Å². The van der Waals surface area contributed by atoms with Crippen molar-refractivity contribution in [1.29, 1.82) is 0 Å². The van der Waals surface area contributed by atoms with Crippen LogP contribution in [0.3, 0.4) is 0 Å². The number of nitrogens with zero attached hydrogens (tertiary/aromatic N) is 1. The fraction of sp³-hybridized carbons (Fsp3) is 0.238. The number of carbonyl (C=O) groups excluding carboxylic acids is 1. The molecule has 3 rings (SSSR count). The van der Waals surface area contributed by atoms with E-state index in [1.165, 1.54) is 24.3 Å². The SMILES string of the molecule is Cc1cc(OCC(=O)Nc2ccc(S(=O)(=O)Nc3onc(C)c3C)cc2)c(Br)c(C)c1Cl. The number of aryl methyl sites for hydroxylation is 2. The molecule has 8 nitrogen and oxygen atoms in total. The molecule has 1 heterocycles. The summed E-state index contributed by atoms with van der Waals surface area (Å²) in [7, 11) is -3.87. The molecule has 0 saturated carbocycles. The predicted molar refractivity (Wildman–Crippen MR) is 126 cm³/mol. The van der Waals surface area contributed by atoms with E-state index in [1.807, 2.05) is 13.8 Å². The Bertz CT molecular complexity index is 1270. The molecular weight excluding hydrogens is 522 g/mol. The normalized spacial score (nSPS) is 11.3. The van der Waals surface area contributed by atoms with Crippen LogP contribution in [0.5, 0.6) is 5.75 Å². The molecule has 2 aromatic carbocycles. The third-order valence-corrected chi connectivity index (χ3v) is 7.67. The summed E-state index contributed by atoms with van der Waals surface area (Å²) >= 11 is 9.63. The van der Waals surface area contributed by atoms with Crippen LogP contribution < -0.4 is 14.8 Å². The first-order chi connectivity index (χ1) is 15.0. The molecule has 0 spiro atoms. The predicted octanol–water partition coefficient (Wildman–Crippen LogP) is 5.14. The number of anilines is 2. The minimum absolute atomic E-state index is 0.0104. The Labute approximate surface area is 199 Å². The van der Waals surface area contributed by atoms with E-state index in [4.69, 9.17) is 20.9 Å². The highest BCUT2D eigenvalue weighted by Crippen LogP contribution is 2.35. The molecular formula is C21H21BrClN3O5S. The molecule has 0 bridgehead atoms. The number of amides is 1. The van der Waals surface area contributed by atoms with Gasteiger partial charge in [0.05, 0.1) is 15.1 Å². The number of hydrogen-bond donors (Lipinski definition) is 2. The van der Waals surface area contributed by atoms with Crippen LogP contribution >= 0.6 is 27.5 Å². The van der Waals surface area contributed by atoms with Gasteiger partial charge in [-0.1, -0.05) is 16.8 Å². The number of benzene rings is 2. The Hall–Kier alpha value is -2.56. The summed E-state index contributed by atoms with van der Waals surface area (Å²) in [6.07, 6.45) is 0. The van der Waals surface area contributed by atoms with Gasteiger partial charge in [0.25, 0.3) is 15.9 Å². The Kier molecular flexibility index (Phi) is 7.16. The van der Waals surface area contributed by atoms with Crippen LogP contribution in [0, 0.1) is 27.7 Å². The third kappa shape index (κ3) is 5.25. The molecule has 2 N–H and O–H groups in total. The van der Waals surface area contributed by atoms with Crippen LogP contribution in [0.2, 0.25) is 5.02 Å². The number of nitrogens with one attached hydrogen (secondary N) is 2. The summed E-state index contributed by atoms with van der Waals surface area (Å²) < 4.78 is 38.7. The number of aromatic nitrogens is 1. The summed E-state index contributed by atoms with van der Waals surface area (Å²) in [5.41, 5.74) is 3.29. The first-order valence-electron chi connectivity index (χ1n) is 9.43. The van der Waals surface area contributed by atoms with E-state index in [-0.39, 0.29) is 17.4 Å². The molecule has 0 unspecified atom stereocenters. The maximum atomic E-state index is 12.5. The number of hydrogen-bond acceptors (Lipinski definition) is 6. The zero-order valence-electron chi connectivity index (χ0n) is 17.7. The van der Waals surface area contributed by atoms with Crippen LogP contribution in [0.4, 0.5) is 11.6 Å². The number of carbonyl (C=O) groups is 1. The molecule has 0 aliphatic heterocycles. The molecule has 0 aliphatic carbocycles. The van der Waals surface area contributed by atoms with E-state index < -0.39 is 15.9 Å². The Balaban J connectivity index is 1.63. The van der Waals surface area contributed by atoms with Gasteiger partial charge in [0, 0.05) is 16.3 Å². The van der Waals surface area contributed by atoms with Crippen molar-refractivity contribution in [2.24, 2.45) is 0 Å². The largest absolute Gasteiger partial charge is 0.483 e. The Morgan fingerprint density at radius 2 is 1.81 bits per heavy atom. The molecule has 3 aromatic rings. The molecule has 0 fully saturated rings. The first-order valence-corrected chi connectivity index (χ1v) is 12.1. The van der Waals surface area contributed by atoms with Gasteiger partial charge in [-0.3, -0.25) is 4.79 Å². The van der Waals surface area contributed by atoms with Crippen molar-refractivity contribution in [2.45, 2.75) is 32.6 Å². The maximum absolute atomic E-state index is 12.5. The Morgan fingerprint density at radius 3 is 2.41 bits per heavy atom. The zero-order valence-corrected chi connectivity index (χ0v) is 20.9. The van der Waals surface area contributed by atoms with Gasteiger partial charge in [-0.15, -0.1) is 0 Å². The van der Waals surface area contributed by atoms with Gasteiger partial charge in [0.1, 0.15) is 5.75 Å². The van der Waals surface area contributed by atoms with Crippen LogP contribution in [-0.2, 0) is 14.8 Å². The second-order valence-electron chi connectivity index (χ2n) is 7.13. The summed E-state index contributed by atoms with van der Waals surface area (Å²) in [4.78, 5) is 12.3. The number of ether oxygens (including phenoxy) is 1. The van der Waals surface area contributed by atoms with Crippen LogP contribution in [-0.4, -0.2) is 26.1 Å². The van der Waals surface area contributed by atoms with Gasteiger partial charge in [-0.2, -0.15) is 0 Å². The molecule has 0 aliphatic rings. The smallest absolute Gasteiger partial charge is 0.264 e. The third-order valence-electron chi connectivity index (χ3n) is 4.76.